The first-order valence-electron chi connectivity index (χ1n) is 5.57. The van der Waals surface area contributed by atoms with Crippen LogP contribution in [0.3, 0.4) is 0 Å². The molecule has 2 rings (SSSR count). The molecule has 1 aliphatic heterocycles. The van der Waals surface area contributed by atoms with Crippen molar-refractivity contribution < 1.29 is 14.1 Å². The van der Waals surface area contributed by atoms with Gasteiger partial charge in [0.15, 0.2) is 0 Å². The third kappa shape index (κ3) is 2.29. The second-order valence-corrected chi connectivity index (χ2v) is 4.40. The maximum Gasteiger partial charge on any atom is 0.227 e. The Morgan fingerprint density at radius 1 is 1.56 bits per heavy atom. The number of aromatic nitrogens is 2. The van der Waals surface area contributed by atoms with Gasteiger partial charge in [-0.15, -0.1) is 0 Å². The van der Waals surface area contributed by atoms with Crippen molar-refractivity contribution in [2.24, 2.45) is 0 Å². The second-order valence-electron chi connectivity index (χ2n) is 4.40. The largest absolute Gasteiger partial charge is 0.367 e. The first-order chi connectivity index (χ1) is 7.60. The molecule has 1 aromatic rings. The third-order valence-electron chi connectivity index (χ3n) is 2.85. The Kier molecular flexibility index (Phi) is 3.05. The summed E-state index contributed by atoms with van der Waals surface area (Å²) in [5.74, 6) is 1.24. The van der Waals surface area contributed by atoms with Crippen LogP contribution in [-0.2, 0) is 21.6 Å². The van der Waals surface area contributed by atoms with Gasteiger partial charge < -0.3 is 14.1 Å². The Morgan fingerprint density at radius 2 is 2.38 bits per heavy atom. The number of aryl methyl sites for hydroxylation is 1. The zero-order valence-electron chi connectivity index (χ0n) is 9.65. The summed E-state index contributed by atoms with van der Waals surface area (Å²) in [6.45, 7) is 4.27. The molecule has 0 N–H and O–H groups in total. The summed E-state index contributed by atoms with van der Waals surface area (Å²) >= 11 is 0. The highest BCUT2D eigenvalue weighted by Crippen LogP contribution is 2.33. The molecule has 0 bridgehead atoms. The maximum absolute atomic E-state index is 10.8. The third-order valence-corrected chi connectivity index (χ3v) is 2.85. The second kappa shape index (κ2) is 4.33. The Hall–Kier alpha value is -1.23. The van der Waals surface area contributed by atoms with Crippen molar-refractivity contribution in [3.63, 3.8) is 0 Å². The van der Waals surface area contributed by atoms with Crippen molar-refractivity contribution in [1.29, 1.82) is 0 Å². The minimum Gasteiger partial charge on any atom is -0.367 e. The van der Waals surface area contributed by atoms with Crippen LogP contribution in [0.1, 0.15) is 44.8 Å². The Morgan fingerprint density at radius 3 is 3.00 bits per heavy atom. The number of nitrogens with zero attached hydrogens (tertiary/aromatic N) is 2. The number of hydrogen-bond acceptors (Lipinski definition) is 5. The molecule has 1 unspecified atom stereocenters. The van der Waals surface area contributed by atoms with E-state index in [1.807, 2.05) is 6.92 Å². The average molecular weight is 224 g/mol. The molecule has 0 saturated carbocycles. The summed E-state index contributed by atoms with van der Waals surface area (Å²) in [4.78, 5) is 15.1. The molecule has 0 amide bonds. The van der Waals surface area contributed by atoms with Gasteiger partial charge >= 0.3 is 0 Å². The van der Waals surface area contributed by atoms with Gasteiger partial charge in [-0.3, -0.25) is 0 Å². The summed E-state index contributed by atoms with van der Waals surface area (Å²) < 4.78 is 10.7. The molecule has 5 heteroatoms. The van der Waals surface area contributed by atoms with Crippen LogP contribution < -0.4 is 0 Å². The van der Waals surface area contributed by atoms with Crippen LogP contribution in [0.15, 0.2) is 4.52 Å². The zero-order valence-corrected chi connectivity index (χ0v) is 9.65. The topological polar surface area (TPSA) is 65.2 Å². The highest BCUT2D eigenvalue weighted by Gasteiger charge is 2.36. The minimum absolute atomic E-state index is 0.128. The number of carbonyl (C=O) groups is 1. The van der Waals surface area contributed by atoms with Gasteiger partial charge in [0.1, 0.15) is 11.4 Å². The molecule has 0 aliphatic carbocycles. The quantitative estimate of drug-likeness (QED) is 0.777. The van der Waals surface area contributed by atoms with E-state index in [0.717, 1.165) is 19.4 Å². The average Bonchev–Trinajstić information content (AvgIpc) is 2.84. The van der Waals surface area contributed by atoms with E-state index in [-0.39, 0.29) is 5.78 Å². The number of rotatable bonds is 4. The van der Waals surface area contributed by atoms with Crippen molar-refractivity contribution in [3.8, 4) is 0 Å². The summed E-state index contributed by atoms with van der Waals surface area (Å²) in [5, 5.41) is 3.93. The molecule has 1 atom stereocenters. The van der Waals surface area contributed by atoms with Crippen LogP contribution in [0.2, 0.25) is 0 Å². The molecule has 1 aromatic heterocycles. The number of hydrogen-bond donors (Lipinski definition) is 0. The fourth-order valence-corrected chi connectivity index (χ4v) is 1.81. The van der Waals surface area contributed by atoms with Crippen LogP contribution in [-0.4, -0.2) is 22.5 Å². The highest BCUT2D eigenvalue weighted by atomic mass is 16.5. The van der Waals surface area contributed by atoms with Gasteiger partial charge in [-0.1, -0.05) is 5.16 Å². The van der Waals surface area contributed by atoms with E-state index in [1.165, 1.54) is 0 Å². The van der Waals surface area contributed by atoms with E-state index < -0.39 is 5.60 Å². The Balaban J connectivity index is 2.04. The van der Waals surface area contributed by atoms with Gasteiger partial charge in [0.25, 0.3) is 0 Å². The maximum atomic E-state index is 10.8. The molecule has 0 aromatic carbocycles. The van der Waals surface area contributed by atoms with E-state index in [2.05, 4.69) is 10.1 Å². The van der Waals surface area contributed by atoms with Gasteiger partial charge in [0, 0.05) is 19.4 Å². The van der Waals surface area contributed by atoms with Gasteiger partial charge in [0.2, 0.25) is 11.7 Å². The number of ether oxygens (including phenoxy) is 1. The highest BCUT2D eigenvalue weighted by molar-refractivity contribution is 5.75. The van der Waals surface area contributed by atoms with Gasteiger partial charge in [0.05, 0.1) is 0 Å². The SMILES string of the molecule is CC(=O)CCc1nc(C2(C)CCCO2)no1. The predicted octanol–water partition coefficient (Wildman–Crippen LogP) is 1.62. The molecular formula is C11H16N2O3. The predicted molar refractivity (Wildman–Crippen MR) is 55.8 cm³/mol. The van der Waals surface area contributed by atoms with E-state index >= 15 is 0 Å². The van der Waals surface area contributed by atoms with Gasteiger partial charge in [-0.25, -0.2) is 0 Å². The van der Waals surface area contributed by atoms with Gasteiger partial charge in [-0.2, -0.15) is 4.98 Å². The fraction of sp³-hybridized carbons (Fsp3) is 0.727. The van der Waals surface area contributed by atoms with Crippen LogP contribution in [0.5, 0.6) is 0 Å². The van der Waals surface area contributed by atoms with Crippen molar-refractivity contribution in [3.05, 3.63) is 11.7 Å². The lowest BCUT2D eigenvalue weighted by atomic mass is 10.0. The lowest BCUT2D eigenvalue weighted by Gasteiger charge is -2.17. The lowest BCUT2D eigenvalue weighted by molar-refractivity contribution is -0.117. The summed E-state index contributed by atoms with van der Waals surface area (Å²) in [7, 11) is 0. The smallest absolute Gasteiger partial charge is 0.227 e. The zero-order chi connectivity index (χ0) is 11.6. The molecule has 2 heterocycles. The normalized spacial score (nSPS) is 24.9. The first-order valence-corrected chi connectivity index (χ1v) is 5.57. The first kappa shape index (κ1) is 11.3. The summed E-state index contributed by atoms with van der Waals surface area (Å²) in [6.07, 6.45) is 2.89. The molecule has 1 aliphatic rings. The number of ketones is 1. The van der Waals surface area contributed by atoms with Crippen molar-refractivity contribution in [1.82, 2.24) is 10.1 Å². The van der Waals surface area contributed by atoms with Gasteiger partial charge in [-0.05, 0) is 26.7 Å². The van der Waals surface area contributed by atoms with Crippen LogP contribution in [0, 0.1) is 0 Å². The van der Waals surface area contributed by atoms with E-state index in [4.69, 9.17) is 9.26 Å². The number of Topliss-reactive ketones (excluding diaryl/α,β-unsaturated/α-hetero) is 1. The molecule has 0 spiro atoms. The molecule has 1 saturated heterocycles. The van der Waals surface area contributed by atoms with E-state index in [9.17, 15) is 4.79 Å². The summed E-state index contributed by atoms with van der Waals surface area (Å²) in [5.41, 5.74) is -0.405. The molecule has 0 radical (unpaired) electrons. The minimum atomic E-state index is -0.405. The van der Waals surface area contributed by atoms with Crippen molar-refractivity contribution >= 4 is 5.78 Å². The number of carbonyl (C=O) groups excluding carboxylic acids is 1. The van der Waals surface area contributed by atoms with Crippen LogP contribution in [0.4, 0.5) is 0 Å². The van der Waals surface area contributed by atoms with Crippen molar-refractivity contribution in [2.75, 3.05) is 6.61 Å². The molecule has 5 nitrogen and oxygen atoms in total. The van der Waals surface area contributed by atoms with Crippen molar-refractivity contribution in [2.45, 2.75) is 45.1 Å². The molecule has 16 heavy (non-hydrogen) atoms. The standard InChI is InChI=1S/C11H16N2O3/c1-8(14)4-5-9-12-10(13-16-9)11(2)6-3-7-15-11/h3-7H2,1-2H3. The molecular weight excluding hydrogens is 208 g/mol. The van der Waals surface area contributed by atoms with Crippen LogP contribution in [0.25, 0.3) is 0 Å². The Labute approximate surface area is 94.2 Å². The molecule has 1 fully saturated rings. The fourth-order valence-electron chi connectivity index (χ4n) is 1.81. The van der Waals surface area contributed by atoms with E-state index in [0.29, 0.717) is 24.6 Å². The Bertz CT molecular complexity index is 380. The van der Waals surface area contributed by atoms with E-state index in [1.54, 1.807) is 6.92 Å². The lowest BCUT2D eigenvalue weighted by Crippen LogP contribution is -2.21. The van der Waals surface area contributed by atoms with Crippen LogP contribution >= 0.6 is 0 Å². The molecule has 88 valence electrons. The monoisotopic (exact) mass is 224 g/mol. The summed E-state index contributed by atoms with van der Waals surface area (Å²) in [6, 6.07) is 0.